The summed E-state index contributed by atoms with van der Waals surface area (Å²) < 4.78 is 0. The Hall–Kier alpha value is -2.75. The van der Waals surface area contributed by atoms with E-state index in [1.165, 1.54) is 36.4 Å². The van der Waals surface area contributed by atoms with Crippen LogP contribution in [0.3, 0.4) is 0 Å². The summed E-state index contributed by atoms with van der Waals surface area (Å²) in [6, 6.07) is 7.35. The van der Waals surface area contributed by atoms with E-state index >= 15 is 0 Å². The van der Waals surface area contributed by atoms with Gasteiger partial charge in [0.1, 0.15) is 0 Å². The fraction of sp³-hybridized carbons (Fsp3) is 0. The number of hydrogen-bond donors (Lipinski definition) is 3. The van der Waals surface area contributed by atoms with E-state index in [0.29, 0.717) is 0 Å². The van der Waals surface area contributed by atoms with Gasteiger partial charge in [-0.05, 0) is 36.5 Å². The Bertz CT molecular complexity index is 918. The van der Waals surface area contributed by atoms with Crippen molar-refractivity contribution in [2.45, 2.75) is 0 Å². The fourth-order valence-corrected chi connectivity index (χ4v) is 2.66. The summed E-state index contributed by atoms with van der Waals surface area (Å²) in [7, 11) is 0. The predicted molar refractivity (Wildman–Crippen MR) is 100 cm³/mol. The van der Waals surface area contributed by atoms with Crippen LogP contribution in [0.25, 0.3) is 0 Å². The topological polar surface area (TPSA) is 122 Å². The second-order valence-corrected chi connectivity index (χ2v) is 6.08. The highest BCUT2D eigenvalue weighted by Crippen LogP contribution is 2.30. The number of anilines is 1. The average Bonchev–Trinajstić information content (AvgIpc) is 2.56. The Morgan fingerprint density at radius 2 is 1.77 bits per heavy atom. The number of nitro benzene ring substituents is 1. The van der Waals surface area contributed by atoms with Gasteiger partial charge in [-0.1, -0.05) is 23.2 Å². The van der Waals surface area contributed by atoms with E-state index in [2.05, 4.69) is 10.6 Å². The van der Waals surface area contributed by atoms with Crippen molar-refractivity contribution in [1.82, 2.24) is 5.32 Å². The number of non-ortho nitro benzene ring substituents is 1. The van der Waals surface area contributed by atoms with Gasteiger partial charge in [-0.3, -0.25) is 20.2 Å². The minimum absolute atomic E-state index is 0.00170. The van der Waals surface area contributed by atoms with Gasteiger partial charge in [0.2, 0.25) is 0 Å². The molecule has 0 radical (unpaired) electrons. The molecule has 0 saturated heterocycles. The third kappa shape index (κ3) is 4.66. The summed E-state index contributed by atoms with van der Waals surface area (Å²) in [4.78, 5) is 33.4. The quantitative estimate of drug-likeness (QED) is 0.396. The molecule has 134 valence electrons. The predicted octanol–water partition coefficient (Wildman–Crippen LogP) is 3.73. The molecule has 0 aromatic heterocycles. The van der Waals surface area contributed by atoms with Crippen LogP contribution < -0.4 is 10.6 Å². The number of carbonyl (C=O) groups is 2. The third-order valence-corrected chi connectivity index (χ3v) is 3.81. The molecule has 2 aromatic carbocycles. The van der Waals surface area contributed by atoms with E-state index in [1.54, 1.807) is 0 Å². The van der Waals surface area contributed by atoms with Crippen molar-refractivity contribution in [3.05, 3.63) is 67.7 Å². The van der Waals surface area contributed by atoms with Crippen molar-refractivity contribution in [2.75, 3.05) is 5.32 Å². The van der Waals surface area contributed by atoms with Gasteiger partial charge in [-0.25, -0.2) is 4.79 Å². The number of carboxylic acids is 1. The minimum atomic E-state index is -1.29. The maximum atomic E-state index is 12.1. The van der Waals surface area contributed by atoms with Crippen molar-refractivity contribution >= 4 is 63.8 Å². The molecule has 0 fully saturated rings. The number of nitrogens with one attached hydrogen (secondary N) is 2. The SMILES string of the molecule is O=C(NC(=S)Nc1c(Cl)cc(Cl)cc1C(=O)O)c1ccc([N+](=O)[O-])cc1. The van der Waals surface area contributed by atoms with E-state index in [0.717, 1.165) is 0 Å². The van der Waals surface area contributed by atoms with Crippen LogP contribution in [0.15, 0.2) is 36.4 Å². The monoisotopic (exact) mass is 413 g/mol. The van der Waals surface area contributed by atoms with Crippen LogP contribution in [0.2, 0.25) is 10.0 Å². The number of halogens is 2. The first kappa shape index (κ1) is 19.6. The van der Waals surface area contributed by atoms with Crippen LogP contribution in [-0.2, 0) is 0 Å². The number of aromatic carboxylic acids is 1. The van der Waals surface area contributed by atoms with Crippen LogP contribution >= 0.6 is 35.4 Å². The van der Waals surface area contributed by atoms with E-state index in [-0.39, 0.29) is 37.7 Å². The van der Waals surface area contributed by atoms with Gasteiger partial charge >= 0.3 is 5.97 Å². The van der Waals surface area contributed by atoms with Crippen molar-refractivity contribution in [1.29, 1.82) is 0 Å². The second kappa shape index (κ2) is 8.09. The Morgan fingerprint density at radius 3 is 2.31 bits per heavy atom. The van der Waals surface area contributed by atoms with Gasteiger partial charge < -0.3 is 10.4 Å². The Kier molecular flexibility index (Phi) is 6.09. The van der Waals surface area contributed by atoms with Crippen LogP contribution in [0, 0.1) is 10.1 Å². The normalized spacial score (nSPS) is 10.1. The first-order chi connectivity index (χ1) is 12.2. The molecule has 26 heavy (non-hydrogen) atoms. The molecular weight excluding hydrogens is 405 g/mol. The first-order valence-electron chi connectivity index (χ1n) is 6.78. The van der Waals surface area contributed by atoms with E-state index in [4.69, 9.17) is 35.4 Å². The first-order valence-corrected chi connectivity index (χ1v) is 7.94. The highest BCUT2D eigenvalue weighted by molar-refractivity contribution is 7.80. The van der Waals surface area contributed by atoms with Crippen LogP contribution in [0.1, 0.15) is 20.7 Å². The number of hydrogen-bond acceptors (Lipinski definition) is 5. The fourth-order valence-electron chi connectivity index (χ4n) is 1.92. The zero-order valence-electron chi connectivity index (χ0n) is 12.7. The molecule has 2 rings (SSSR count). The van der Waals surface area contributed by atoms with Gasteiger partial charge in [0.25, 0.3) is 11.6 Å². The minimum Gasteiger partial charge on any atom is -0.478 e. The largest absolute Gasteiger partial charge is 0.478 e. The maximum absolute atomic E-state index is 12.1. The number of nitro groups is 1. The van der Waals surface area contributed by atoms with Crippen molar-refractivity contribution in [3.63, 3.8) is 0 Å². The lowest BCUT2D eigenvalue weighted by Crippen LogP contribution is -2.34. The molecule has 0 aliphatic carbocycles. The van der Waals surface area contributed by atoms with Gasteiger partial charge in [-0.15, -0.1) is 0 Å². The van der Waals surface area contributed by atoms with Crippen molar-refractivity contribution < 1.29 is 19.6 Å². The van der Waals surface area contributed by atoms with Crippen LogP contribution in [0.5, 0.6) is 0 Å². The summed E-state index contributed by atoms with van der Waals surface area (Å²) in [5.74, 6) is -1.93. The van der Waals surface area contributed by atoms with E-state index in [1.807, 2.05) is 0 Å². The molecule has 11 heteroatoms. The summed E-state index contributed by atoms with van der Waals surface area (Å²) in [6.45, 7) is 0. The van der Waals surface area contributed by atoms with Crippen LogP contribution in [-0.4, -0.2) is 27.0 Å². The lowest BCUT2D eigenvalue weighted by atomic mass is 10.2. The Labute approximate surface area is 161 Å². The lowest BCUT2D eigenvalue weighted by Gasteiger charge is -2.13. The molecular formula is C15H9Cl2N3O5S. The summed E-state index contributed by atoms with van der Waals surface area (Å²) in [6.07, 6.45) is 0. The van der Waals surface area contributed by atoms with Crippen molar-refractivity contribution in [3.8, 4) is 0 Å². The number of benzene rings is 2. The Morgan fingerprint density at radius 1 is 1.15 bits per heavy atom. The molecule has 0 aliphatic heterocycles. The van der Waals surface area contributed by atoms with Crippen molar-refractivity contribution in [2.24, 2.45) is 0 Å². The number of thiocarbonyl (C=S) groups is 1. The molecule has 2 aromatic rings. The Balaban J connectivity index is 2.15. The summed E-state index contributed by atoms with van der Waals surface area (Å²) in [5.41, 5.74) is -0.297. The summed E-state index contributed by atoms with van der Waals surface area (Å²) in [5, 5.41) is 24.6. The summed E-state index contributed by atoms with van der Waals surface area (Å²) >= 11 is 16.7. The number of amides is 1. The number of carboxylic acid groups (broad SMARTS) is 1. The second-order valence-electron chi connectivity index (χ2n) is 4.83. The van der Waals surface area contributed by atoms with Gasteiger partial charge in [0, 0.05) is 22.7 Å². The maximum Gasteiger partial charge on any atom is 0.337 e. The third-order valence-electron chi connectivity index (χ3n) is 3.09. The number of nitrogens with zero attached hydrogens (tertiary/aromatic N) is 1. The highest BCUT2D eigenvalue weighted by atomic mass is 35.5. The van der Waals surface area contributed by atoms with Gasteiger partial charge in [0.15, 0.2) is 5.11 Å². The molecule has 0 saturated carbocycles. The molecule has 1 amide bonds. The molecule has 0 unspecified atom stereocenters. The molecule has 0 spiro atoms. The number of carbonyl (C=O) groups excluding carboxylic acids is 1. The van der Waals surface area contributed by atoms with E-state index < -0.39 is 16.8 Å². The van der Waals surface area contributed by atoms with Crippen LogP contribution in [0.4, 0.5) is 11.4 Å². The molecule has 0 heterocycles. The van der Waals surface area contributed by atoms with E-state index in [9.17, 15) is 24.8 Å². The average molecular weight is 414 g/mol. The molecule has 0 bridgehead atoms. The highest BCUT2D eigenvalue weighted by Gasteiger charge is 2.17. The molecule has 0 atom stereocenters. The molecule has 3 N–H and O–H groups in total. The zero-order chi connectivity index (χ0) is 19.4. The standard InChI is InChI=1S/C15H9Cl2N3O5S/c16-8-5-10(14(22)23)12(11(17)6-8)18-15(26)19-13(21)7-1-3-9(4-2-7)20(24)25/h1-6H,(H,22,23)(H2,18,19,21,26). The molecule has 8 nitrogen and oxygen atoms in total. The smallest absolute Gasteiger partial charge is 0.337 e. The number of rotatable bonds is 4. The molecule has 0 aliphatic rings. The van der Waals surface area contributed by atoms with Gasteiger partial charge in [0.05, 0.1) is 21.2 Å². The van der Waals surface area contributed by atoms with Gasteiger partial charge in [-0.2, -0.15) is 0 Å². The lowest BCUT2D eigenvalue weighted by molar-refractivity contribution is -0.384. The zero-order valence-corrected chi connectivity index (χ0v) is 15.0.